The van der Waals surface area contributed by atoms with Gasteiger partial charge in [0.15, 0.2) is 0 Å². The normalized spacial score (nSPS) is 13.7. The van der Waals surface area contributed by atoms with Gasteiger partial charge in [0.1, 0.15) is 5.75 Å². The molecule has 2 aromatic carbocycles. The Morgan fingerprint density at radius 2 is 1.56 bits per heavy atom. The second-order valence-electron chi connectivity index (χ2n) is 6.36. The van der Waals surface area contributed by atoms with E-state index < -0.39 is 0 Å². The molecule has 6 nitrogen and oxygen atoms in total. The fourth-order valence-electron chi connectivity index (χ4n) is 3.11. The number of methoxy groups -OCH3 is 1. The average molecular weight is 390 g/mol. The lowest BCUT2D eigenvalue weighted by atomic mass is 10.1. The Balaban J connectivity index is 0.00000261. The molecule has 3 rings (SSSR count). The van der Waals surface area contributed by atoms with Crippen LogP contribution in [0.5, 0.6) is 5.75 Å². The van der Waals surface area contributed by atoms with Crippen LogP contribution in [0.1, 0.15) is 26.3 Å². The summed E-state index contributed by atoms with van der Waals surface area (Å²) in [7, 11) is 1.59. The van der Waals surface area contributed by atoms with Crippen molar-refractivity contribution in [1.29, 1.82) is 0 Å². The van der Waals surface area contributed by atoms with E-state index in [0.29, 0.717) is 48.7 Å². The topological polar surface area (TPSA) is 75.9 Å². The Labute approximate surface area is 165 Å². The fourth-order valence-corrected chi connectivity index (χ4v) is 3.11. The number of piperazine rings is 1. The van der Waals surface area contributed by atoms with Gasteiger partial charge in [-0.3, -0.25) is 9.59 Å². The highest BCUT2D eigenvalue weighted by molar-refractivity contribution is 5.99. The number of carbonyl (C=O) groups is 2. The van der Waals surface area contributed by atoms with Crippen molar-refractivity contribution in [3.63, 3.8) is 0 Å². The molecule has 0 saturated carbocycles. The zero-order chi connectivity index (χ0) is 18.7. The minimum Gasteiger partial charge on any atom is -0.496 e. The van der Waals surface area contributed by atoms with Crippen LogP contribution in [0.3, 0.4) is 0 Å². The highest BCUT2D eigenvalue weighted by Crippen LogP contribution is 2.21. The number of nitrogens with two attached hydrogens (primary N) is 1. The minimum absolute atomic E-state index is 0. The first kappa shape index (κ1) is 20.6. The van der Waals surface area contributed by atoms with E-state index >= 15 is 0 Å². The SMILES string of the molecule is COc1cc(C(=O)N2CCN(C(=O)c3ccccc3N)CC2)ccc1C.Cl. The summed E-state index contributed by atoms with van der Waals surface area (Å²) >= 11 is 0. The maximum absolute atomic E-state index is 12.7. The van der Waals surface area contributed by atoms with Crippen molar-refractivity contribution in [1.82, 2.24) is 9.80 Å². The summed E-state index contributed by atoms with van der Waals surface area (Å²) in [5, 5.41) is 0. The molecule has 1 fully saturated rings. The van der Waals surface area contributed by atoms with Gasteiger partial charge in [-0.05, 0) is 36.8 Å². The molecular weight excluding hydrogens is 366 g/mol. The molecule has 0 bridgehead atoms. The predicted octanol–water partition coefficient (Wildman–Crippen LogP) is 2.61. The molecule has 27 heavy (non-hydrogen) atoms. The Morgan fingerprint density at radius 3 is 2.15 bits per heavy atom. The molecule has 0 radical (unpaired) electrons. The number of anilines is 1. The number of ether oxygens (including phenoxy) is 1. The Morgan fingerprint density at radius 1 is 0.963 bits per heavy atom. The number of benzene rings is 2. The largest absolute Gasteiger partial charge is 0.496 e. The third-order valence-electron chi connectivity index (χ3n) is 4.70. The van der Waals surface area contributed by atoms with Crippen molar-refractivity contribution in [3.8, 4) is 5.75 Å². The summed E-state index contributed by atoms with van der Waals surface area (Å²) in [5.74, 6) is 0.561. The zero-order valence-corrected chi connectivity index (χ0v) is 16.3. The molecule has 0 atom stereocenters. The van der Waals surface area contributed by atoms with E-state index in [9.17, 15) is 9.59 Å². The molecule has 0 unspecified atom stereocenters. The van der Waals surface area contributed by atoms with E-state index in [2.05, 4.69) is 0 Å². The van der Waals surface area contributed by atoms with Gasteiger partial charge in [-0.2, -0.15) is 0 Å². The summed E-state index contributed by atoms with van der Waals surface area (Å²) in [6.45, 7) is 3.90. The van der Waals surface area contributed by atoms with Gasteiger partial charge in [0.25, 0.3) is 11.8 Å². The molecule has 2 amide bonds. The van der Waals surface area contributed by atoms with Crippen LogP contribution in [0.15, 0.2) is 42.5 Å². The smallest absolute Gasteiger partial charge is 0.256 e. The van der Waals surface area contributed by atoms with E-state index in [1.165, 1.54) is 0 Å². The number of nitrogen functional groups attached to an aromatic ring is 1. The molecule has 1 aliphatic heterocycles. The standard InChI is InChI=1S/C20H23N3O3.ClH/c1-14-7-8-15(13-18(14)26-2)19(24)22-9-11-23(12-10-22)20(25)16-5-3-4-6-17(16)21;/h3-8,13H,9-12,21H2,1-2H3;1H. The summed E-state index contributed by atoms with van der Waals surface area (Å²) in [4.78, 5) is 28.8. The van der Waals surface area contributed by atoms with Gasteiger partial charge in [0.05, 0.1) is 12.7 Å². The second kappa shape index (κ2) is 8.77. The fraction of sp³-hybridized carbons (Fsp3) is 0.300. The lowest BCUT2D eigenvalue weighted by molar-refractivity contribution is 0.0536. The van der Waals surface area contributed by atoms with Crippen LogP contribution in [-0.4, -0.2) is 54.9 Å². The average Bonchev–Trinajstić information content (AvgIpc) is 2.68. The summed E-state index contributed by atoms with van der Waals surface area (Å²) < 4.78 is 5.30. The third kappa shape index (κ3) is 4.34. The van der Waals surface area contributed by atoms with E-state index in [-0.39, 0.29) is 24.2 Å². The summed E-state index contributed by atoms with van der Waals surface area (Å²) in [5.41, 5.74) is 8.46. The van der Waals surface area contributed by atoms with E-state index in [1.54, 1.807) is 47.2 Å². The van der Waals surface area contributed by atoms with Gasteiger partial charge in [0.2, 0.25) is 0 Å². The summed E-state index contributed by atoms with van der Waals surface area (Å²) in [6, 6.07) is 12.5. The molecule has 1 aliphatic rings. The van der Waals surface area contributed by atoms with Crippen LogP contribution >= 0.6 is 12.4 Å². The number of carbonyl (C=O) groups excluding carboxylic acids is 2. The molecule has 1 saturated heterocycles. The number of para-hydroxylation sites is 1. The van der Waals surface area contributed by atoms with Crippen LogP contribution in [0.2, 0.25) is 0 Å². The number of amides is 2. The highest BCUT2D eigenvalue weighted by atomic mass is 35.5. The quantitative estimate of drug-likeness (QED) is 0.819. The first-order valence-electron chi connectivity index (χ1n) is 8.59. The number of hydrogen-bond donors (Lipinski definition) is 1. The molecule has 0 aromatic heterocycles. The molecule has 0 aliphatic carbocycles. The lowest BCUT2D eigenvalue weighted by Gasteiger charge is -2.35. The zero-order valence-electron chi connectivity index (χ0n) is 15.5. The van der Waals surface area contributed by atoms with Crippen molar-refractivity contribution in [2.45, 2.75) is 6.92 Å². The predicted molar refractivity (Wildman–Crippen MR) is 108 cm³/mol. The molecule has 1 heterocycles. The second-order valence-corrected chi connectivity index (χ2v) is 6.36. The van der Waals surface area contributed by atoms with Gasteiger partial charge in [-0.25, -0.2) is 0 Å². The van der Waals surface area contributed by atoms with Gasteiger partial charge >= 0.3 is 0 Å². The number of aryl methyl sites for hydroxylation is 1. The van der Waals surface area contributed by atoms with Crippen LogP contribution in [0.25, 0.3) is 0 Å². The Hall–Kier alpha value is -2.73. The maximum Gasteiger partial charge on any atom is 0.256 e. The van der Waals surface area contributed by atoms with Gasteiger partial charge in [-0.15, -0.1) is 12.4 Å². The van der Waals surface area contributed by atoms with Crippen LogP contribution < -0.4 is 10.5 Å². The number of halogens is 1. The molecular formula is C20H24ClN3O3. The number of rotatable bonds is 3. The molecule has 144 valence electrons. The number of hydrogen-bond acceptors (Lipinski definition) is 4. The molecule has 2 N–H and O–H groups in total. The van der Waals surface area contributed by atoms with Gasteiger partial charge in [-0.1, -0.05) is 18.2 Å². The highest BCUT2D eigenvalue weighted by Gasteiger charge is 2.26. The third-order valence-corrected chi connectivity index (χ3v) is 4.70. The van der Waals surface area contributed by atoms with Gasteiger partial charge in [0, 0.05) is 37.4 Å². The van der Waals surface area contributed by atoms with Crippen LogP contribution in [0, 0.1) is 6.92 Å². The first-order chi connectivity index (χ1) is 12.5. The van der Waals surface area contributed by atoms with E-state index in [0.717, 1.165) is 5.56 Å². The molecule has 7 heteroatoms. The van der Waals surface area contributed by atoms with E-state index in [1.807, 2.05) is 19.1 Å². The lowest BCUT2D eigenvalue weighted by Crippen LogP contribution is -2.50. The number of nitrogens with zero attached hydrogens (tertiary/aromatic N) is 2. The van der Waals surface area contributed by atoms with Crippen molar-refractivity contribution >= 4 is 29.9 Å². The van der Waals surface area contributed by atoms with Crippen LogP contribution in [0.4, 0.5) is 5.69 Å². The Kier molecular flexibility index (Phi) is 6.69. The van der Waals surface area contributed by atoms with Crippen molar-refractivity contribution in [2.24, 2.45) is 0 Å². The van der Waals surface area contributed by atoms with Crippen molar-refractivity contribution in [3.05, 3.63) is 59.2 Å². The van der Waals surface area contributed by atoms with Gasteiger partial charge < -0.3 is 20.3 Å². The maximum atomic E-state index is 12.7. The molecule has 0 spiro atoms. The minimum atomic E-state index is -0.0906. The van der Waals surface area contributed by atoms with Crippen molar-refractivity contribution in [2.75, 3.05) is 39.0 Å². The van der Waals surface area contributed by atoms with Crippen LogP contribution in [-0.2, 0) is 0 Å². The van der Waals surface area contributed by atoms with Crippen molar-refractivity contribution < 1.29 is 14.3 Å². The summed E-state index contributed by atoms with van der Waals surface area (Å²) in [6.07, 6.45) is 0. The van der Waals surface area contributed by atoms with E-state index in [4.69, 9.17) is 10.5 Å². The first-order valence-corrected chi connectivity index (χ1v) is 8.59. The monoisotopic (exact) mass is 389 g/mol. The Bertz CT molecular complexity index is 833. The molecule has 2 aromatic rings.